The van der Waals surface area contributed by atoms with Gasteiger partial charge in [0.25, 0.3) is 0 Å². The molecule has 2 rings (SSSR count). The summed E-state index contributed by atoms with van der Waals surface area (Å²) in [5, 5.41) is 3.02. The van der Waals surface area contributed by atoms with E-state index in [1.54, 1.807) is 33.1 Å². The maximum atomic E-state index is 12.3. The Morgan fingerprint density at radius 3 is 2.27 bits per heavy atom. The number of carbonyl (C=O) groups is 1. The molecular formula is C20H25NO4S. The lowest BCUT2D eigenvalue weighted by Gasteiger charge is -2.18. The topological polar surface area (TPSA) is 56.8 Å². The van der Waals surface area contributed by atoms with E-state index in [2.05, 4.69) is 5.32 Å². The van der Waals surface area contributed by atoms with Crippen molar-refractivity contribution in [2.75, 3.05) is 27.1 Å². The van der Waals surface area contributed by atoms with E-state index in [9.17, 15) is 4.79 Å². The van der Waals surface area contributed by atoms with Crippen LogP contribution in [0.4, 0.5) is 0 Å². The van der Waals surface area contributed by atoms with Gasteiger partial charge >= 0.3 is 0 Å². The fourth-order valence-electron chi connectivity index (χ4n) is 2.50. The zero-order chi connectivity index (χ0) is 18.9. The van der Waals surface area contributed by atoms with Crippen molar-refractivity contribution in [2.24, 2.45) is 0 Å². The Hall–Kier alpha value is -2.34. The van der Waals surface area contributed by atoms with Crippen LogP contribution in [0.1, 0.15) is 24.9 Å². The fourth-order valence-corrected chi connectivity index (χ4v) is 3.35. The van der Waals surface area contributed by atoms with Crippen LogP contribution in [0.5, 0.6) is 17.2 Å². The normalized spacial score (nSPS) is 11.5. The number of carbonyl (C=O) groups excluding carboxylic acids is 1. The number of hydrogen-bond acceptors (Lipinski definition) is 5. The van der Waals surface area contributed by atoms with Gasteiger partial charge in [-0.3, -0.25) is 4.79 Å². The molecule has 0 aliphatic carbocycles. The van der Waals surface area contributed by atoms with E-state index >= 15 is 0 Å². The van der Waals surface area contributed by atoms with E-state index < -0.39 is 0 Å². The molecule has 0 spiro atoms. The summed E-state index contributed by atoms with van der Waals surface area (Å²) in [6.45, 7) is 1.94. The Morgan fingerprint density at radius 1 is 1.00 bits per heavy atom. The SMILES string of the molecule is COc1ccc(SCCC(=O)NC(C)c2cc(OC)ccc2OC)cc1. The molecule has 0 aliphatic heterocycles. The summed E-state index contributed by atoms with van der Waals surface area (Å²) >= 11 is 1.64. The highest BCUT2D eigenvalue weighted by atomic mass is 32.2. The number of ether oxygens (including phenoxy) is 3. The zero-order valence-corrected chi connectivity index (χ0v) is 16.4. The first-order valence-corrected chi connectivity index (χ1v) is 9.34. The Labute approximate surface area is 159 Å². The molecule has 5 nitrogen and oxygen atoms in total. The van der Waals surface area contributed by atoms with Crippen LogP contribution in [-0.4, -0.2) is 33.0 Å². The summed E-state index contributed by atoms with van der Waals surface area (Å²) in [5.74, 6) is 3.00. The lowest BCUT2D eigenvalue weighted by Crippen LogP contribution is -2.27. The number of hydrogen-bond donors (Lipinski definition) is 1. The summed E-state index contributed by atoms with van der Waals surface area (Å²) < 4.78 is 15.8. The standard InChI is InChI=1S/C20H25NO4S/c1-14(18-13-16(24-3)7-10-19(18)25-4)21-20(22)11-12-26-17-8-5-15(23-2)6-9-17/h5-10,13-14H,11-12H2,1-4H3,(H,21,22). The van der Waals surface area contributed by atoms with Gasteiger partial charge in [0.05, 0.1) is 27.4 Å². The van der Waals surface area contributed by atoms with Crippen molar-refractivity contribution >= 4 is 17.7 Å². The van der Waals surface area contributed by atoms with Gasteiger partial charge in [0.2, 0.25) is 5.91 Å². The summed E-state index contributed by atoms with van der Waals surface area (Å²) in [4.78, 5) is 13.4. The maximum absolute atomic E-state index is 12.3. The predicted molar refractivity (Wildman–Crippen MR) is 104 cm³/mol. The van der Waals surface area contributed by atoms with E-state index in [4.69, 9.17) is 14.2 Å². The number of rotatable bonds is 9. The van der Waals surface area contributed by atoms with Gasteiger partial charge in [0, 0.05) is 22.6 Å². The first-order chi connectivity index (χ1) is 12.6. The van der Waals surface area contributed by atoms with Crippen LogP contribution in [0.3, 0.4) is 0 Å². The molecule has 140 valence electrons. The minimum atomic E-state index is -0.168. The third-order valence-corrected chi connectivity index (χ3v) is 4.95. The molecule has 2 aromatic carbocycles. The predicted octanol–water partition coefficient (Wildman–Crippen LogP) is 4.07. The van der Waals surface area contributed by atoms with Gasteiger partial charge in [-0.2, -0.15) is 0 Å². The second kappa shape index (κ2) is 9.97. The van der Waals surface area contributed by atoms with Crippen molar-refractivity contribution in [1.29, 1.82) is 0 Å². The van der Waals surface area contributed by atoms with E-state index in [1.807, 2.05) is 49.4 Å². The second-order valence-electron chi connectivity index (χ2n) is 5.67. The van der Waals surface area contributed by atoms with Crippen molar-refractivity contribution in [3.05, 3.63) is 48.0 Å². The molecule has 0 saturated carbocycles. The van der Waals surface area contributed by atoms with Crippen LogP contribution in [0.25, 0.3) is 0 Å². The Morgan fingerprint density at radius 2 is 1.65 bits per heavy atom. The monoisotopic (exact) mass is 375 g/mol. The molecule has 0 saturated heterocycles. The molecule has 0 fully saturated rings. The van der Waals surface area contributed by atoms with Crippen molar-refractivity contribution in [3.63, 3.8) is 0 Å². The van der Waals surface area contributed by atoms with Gasteiger partial charge in [0.1, 0.15) is 17.2 Å². The molecule has 0 bridgehead atoms. The highest BCUT2D eigenvalue weighted by Gasteiger charge is 2.15. The first-order valence-electron chi connectivity index (χ1n) is 8.35. The van der Waals surface area contributed by atoms with E-state index in [1.165, 1.54) is 0 Å². The quantitative estimate of drug-likeness (QED) is 0.670. The van der Waals surface area contributed by atoms with Gasteiger partial charge in [-0.25, -0.2) is 0 Å². The summed E-state index contributed by atoms with van der Waals surface area (Å²) in [6.07, 6.45) is 0.438. The summed E-state index contributed by atoms with van der Waals surface area (Å²) in [6, 6.07) is 13.2. The number of thioether (sulfide) groups is 1. The van der Waals surface area contributed by atoms with Gasteiger partial charge in [-0.05, 0) is 49.4 Å². The molecule has 0 aliphatic rings. The fraction of sp³-hybridized carbons (Fsp3) is 0.350. The molecule has 0 heterocycles. The smallest absolute Gasteiger partial charge is 0.221 e. The molecule has 26 heavy (non-hydrogen) atoms. The summed E-state index contributed by atoms with van der Waals surface area (Å²) in [5.41, 5.74) is 0.892. The van der Waals surface area contributed by atoms with Crippen molar-refractivity contribution in [2.45, 2.75) is 24.3 Å². The Balaban J connectivity index is 1.86. The average molecular weight is 375 g/mol. The molecule has 6 heteroatoms. The van der Waals surface area contributed by atoms with E-state index in [0.29, 0.717) is 12.2 Å². The van der Waals surface area contributed by atoms with E-state index in [0.717, 1.165) is 27.7 Å². The van der Waals surface area contributed by atoms with Crippen molar-refractivity contribution in [1.82, 2.24) is 5.32 Å². The molecule has 0 aromatic heterocycles. The molecule has 1 amide bonds. The lowest BCUT2D eigenvalue weighted by atomic mass is 10.1. The average Bonchev–Trinajstić information content (AvgIpc) is 2.67. The minimum absolute atomic E-state index is 0.00313. The maximum Gasteiger partial charge on any atom is 0.221 e. The number of nitrogens with one attached hydrogen (secondary N) is 1. The molecular weight excluding hydrogens is 350 g/mol. The van der Waals surface area contributed by atoms with Crippen LogP contribution in [0.15, 0.2) is 47.4 Å². The molecule has 1 N–H and O–H groups in total. The number of benzene rings is 2. The van der Waals surface area contributed by atoms with Gasteiger partial charge in [0.15, 0.2) is 0 Å². The van der Waals surface area contributed by atoms with Crippen LogP contribution >= 0.6 is 11.8 Å². The van der Waals surface area contributed by atoms with E-state index in [-0.39, 0.29) is 11.9 Å². The van der Waals surface area contributed by atoms with Crippen molar-refractivity contribution < 1.29 is 19.0 Å². The summed E-state index contributed by atoms with van der Waals surface area (Å²) in [7, 11) is 4.88. The molecule has 1 unspecified atom stereocenters. The van der Waals surface area contributed by atoms with Crippen LogP contribution in [0.2, 0.25) is 0 Å². The third kappa shape index (κ3) is 5.59. The number of methoxy groups -OCH3 is 3. The first kappa shape index (κ1) is 20.0. The van der Waals surface area contributed by atoms with Crippen LogP contribution in [-0.2, 0) is 4.79 Å². The zero-order valence-electron chi connectivity index (χ0n) is 15.6. The molecule has 2 aromatic rings. The van der Waals surface area contributed by atoms with Gasteiger partial charge in [-0.15, -0.1) is 11.8 Å². The van der Waals surface area contributed by atoms with Crippen LogP contribution < -0.4 is 19.5 Å². The van der Waals surface area contributed by atoms with Crippen LogP contribution in [0, 0.1) is 0 Å². The Bertz CT molecular complexity index is 718. The van der Waals surface area contributed by atoms with Crippen molar-refractivity contribution in [3.8, 4) is 17.2 Å². The highest BCUT2D eigenvalue weighted by Crippen LogP contribution is 2.29. The van der Waals surface area contributed by atoms with Gasteiger partial charge < -0.3 is 19.5 Å². The second-order valence-corrected chi connectivity index (χ2v) is 6.84. The molecule has 0 radical (unpaired) electrons. The molecule has 1 atom stereocenters. The minimum Gasteiger partial charge on any atom is -0.497 e. The Kier molecular flexibility index (Phi) is 7.66. The lowest BCUT2D eigenvalue weighted by molar-refractivity contribution is -0.121. The largest absolute Gasteiger partial charge is 0.497 e. The third-order valence-electron chi connectivity index (χ3n) is 3.94. The number of amides is 1. The van der Waals surface area contributed by atoms with Gasteiger partial charge in [-0.1, -0.05) is 0 Å². The highest BCUT2D eigenvalue weighted by molar-refractivity contribution is 7.99.